The van der Waals surface area contributed by atoms with E-state index >= 15 is 0 Å². The first kappa shape index (κ1) is 16.2. The van der Waals surface area contributed by atoms with Crippen molar-refractivity contribution in [1.29, 1.82) is 0 Å². The summed E-state index contributed by atoms with van der Waals surface area (Å²) in [5.41, 5.74) is 2.89. The van der Waals surface area contributed by atoms with Crippen molar-refractivity contribution in [2.45, 2.75) is 39.3 Å². The summed E-state index contributed by atoms with van der Waals surface area (Å²) in [4.78, 5) is 0. The Hall–Kier alpha value is -1.20. The first-order valence-electron chi connectivity index (χ1n) is 6.95. The van der Waals surface area contributed by atoms with E-state index in [-0.39, 0.29) is 11.2 Å². The minimum atomic E-state index is -0.187. The molecular formula is C16H21BrFN3. The predicted molar refractivity (Wildman–Crippen MR) is 86.6 cm³/mol. The highest BCUT2D eigenvalue weighted by molar-refractivity contribution is 9.10. The molecule has 1 aromatic carbocycles. The van der Waals surface area contributed by atoms with Gasteiger partial charge in [-0.15, -0.1) is 0 Å². The second-order valence-corrected chi connectivity index (χ2v) is 7.18. The number of aryl methyl sites for hydroxylation is 1. The second kappa shape index (κ2) is 6.28. The Kier molecular flexibility index (Phi) is 4.84. The Morgan fingerprint density at radius 3 is 2.57 bits per heavy atom. The molecule has 3 nitrogen and oxygen atoms in total. The molecule has 0 saturated heterocycles. The summed E-state index contributed by atoms with van der Waals surface area (Å²) in [6, 6.07) is 4.99. The zero-order valence-electron chi connectivity index (χ0n) is 12.9. The maximum atomic E-state index is 13.7. The van der Waals surface area contributed by atoms with Crippen LogP contribution < -0.4 is 5.32 Å². The number of hydrogen-bond donors (Lipinski definition) is 1. The van der Waals surface area contributed by atoms with E-state index in [0.29, 0.717) is 18.7 Å². The molecule has 0 bridgehead atoms. The van der Waals surface area contributed by atoms with E-state index in [1.807, 2.05) is 17.9 Å². The molecule has 0 radical (unpaired) electrons. The topological polar surface area (TPSA) is 29.9 Å². The summed E-state index contributed by atoms with van der Waals surface area (Å²) in [7, 11) is 1.92. The zero-order chi connectivity index (χ0) is 15.6. The molecule has 0 unspecified atom stereocenters. The fraction of sp³-hybridized carbons (Fsp3) is 0.438. The van der Waals surface area contributed by atoms with Gasteiger partial charge in [0.05, 0.1) is 5.69 Å². The fourth-order valence-corrected chi connectivity index (χ4v) is 2.72. The van der Waals surface area contributed by atoms with Crippen LogP contribution in [0.1, 0.15) is 37.6 Å². The molecule has 0 atom stereocenters. The molecule has 0 saturated carbocycles. The van der Waals surface area contributed by atoms with E-state index in [1.54, 1.807) is 12.1 Å². The van der Waals surface area contributed by atoms with E-state index in [4.69, 9.17) is 0 Å². The van der Waals surface area contributed by atoms with Gasteiger partial charge in [0.1, 0.15) is 5.82 Å². The number of halogens is 2. The van der Waals surface area contributed by atoms with Crippen LogP contribution in [0.3, 0.4) is 0 Å². The molecule has 1 N–H and O–H groups in total. The maximum Gasteiger partial charge on any atom is 0.127 e. The quantitative estimate of drug-likeness (QED) is 0.902. The van der Waals surface area contributed by atoms with Gasteiger partial charge in [-0.3, -0.25) is 4.68 Å². The lowest BCUT2D eigenvalue weighted by atomic mass is 9.89. The molecule has 0 aliphatic carbocycles. The number of aromatic nitrogens is 2. The number of hydrogen-bond acceptors (Lipinski definition) is 2. The molecule has 2 aromatic rings. The van der Waals surface area contributed by atoms with Crippen LogP contribution in [-0.2, 0) is 25.6 Å². The third kappa shape index (κ3) is 4.14. The average molecular weight is 354 g/mol. The summed E-state index contributed by atoms with van der Waals surface area (Å²) in [6.45, 7) is 7.60. The monoisotopic (exact) mass is 353 g/mol. The summed E-state index contributed by atoms with van der Waals surface area (Å²) < 4.78 is 16.4. The Bertz CT molecular complexity index is 629. The van der Waals surface area contributed by atoms with Crippen LogP contribution in [0.4, 0.5) is 4.39 Å². The molecule has 5 heteroatoms. The third-order valence-corrected chi connectivity index (χ3v) is 3.75. The van der Waals surface area contributed by atoms with Crippen LogP contribution >= 0.6 is 15.9 Å². The highest BCUT2D eigenvalue weighted by Crippen LogP contribution is 2.24. The normalized spacial score (nSPS) is 11.9. The summed E-state index contributed by atoms with van der Waals surface area (Å²) in [5, 5.41) is 7.83. The van der Waals surface area contributed by atoms with Crippen LogP contribution in [0.2, 0.25) is 0 Å². The molecule has 21 heavy (non-hydrogen) atoms. The van der Waals surface area contributed by atoms with Crippen LogP contribution in [0.5, 0.6) is 0 Å². The first-order valence-corrected chi connectivity index (χ1v) is 7.74. The van der Waals surface area contributed by atoms with Gasteiger partial charge >= 0.3 is 0 Å². The van der Waals surface area contributed by atoms with E-state index in [9.17, 15) is 4.39 Å². The Labute approximate surface area is 133 Å². The lowest BCUT2D eigenvalue weighted by molar-refractivity contribution is 0.541. The van der Waals surface area contributed by atoms with Crippen LogP contribution in [0.25, 0.3) is 0 Å². The minimum Gasteiger partial charge on any atom is -0.308 e. The Balaban J connectivity index is 2.06. The van der Waals surface area contributed by atoms with Gasteiger partial charge in [0.2, 0.25) is 0 Å². The fourth-order valence-electron chi connectivity index (χ4n) is 2.31. The highest BCUT2D eigenvalue weighted by Gasteiger charge is 2.21. The number of benzene rings is 1. The van der Waals surface area contributed by atoms with E-state index < -0.39 is 0 Å². The van der Waals surface area contributed by atoms with E-state index in [0.717, 1.165) is 15.7 Å². The SMILES string of the molecule is Cn1cc(CNCc2cc(Br)ccc2F)c(C(C)(C)C)n1. The van der Waals surface area contributed by atoms with Crippen molar-refractivity contribution in [2.75, 3.05) is 0 Å². The van der Waals surface area contributed by atoms with Crippen molar-refractivity contribution in [3.8, 4) is 0 Å². The molecular weight excluding hydrogens is 333 g/mol. The standard InChI is InChI=1S/C16H21BrFN3/c1-16(2,3)15-12(10-21(4)20-15)9-19-8-11-7-13(17)5-6-14(11)18/h5-7,10,19H,8-9H2,1-4H3. The van der Waals surface area contributed by atoms with Gasteiger partial charge in [-0.05, 0) is 18.2 Å². The van der Waals surface area contributed by atoms with Gasteiger partial charge in [0.25, 0.3) is 0 Å². The van der Waals surface area contributed by atoms with Crippen molar-refractivity contribution in [3.63, 3.8) is 0 Å². The van der Waals surface area contributed by atoms with Crippen LogP contribution in [0.15, 0.2) is 28.9 Å². The molecule has 1 aromatic heterocycles. The van der Waals surface area contributed by atoms with Crippen molar-refractivity contribution < 1.29 is 4.39 Å². The molecule has 0 aliphatic rings. The number of rotatable bonds is 4. The van der Waals surface area contributed by atoms with Gasteiger partial charge in [0, 0.05) is 47.3 Å². The smallest absolute Gasteiger partial charge is 0.127 e. The lowest BCUT2D eigenvalue weighted by Gasteiger charge is -2.17. The second-order valence-electron chi connectivity index (χ2n) is 6.27. The van der Waals surface area contributed by atoms with Gasteiger partial charge in [-0.2, -0.15) is 5.10 Å². The summed E-state index contributed by atoms with van der Waals surface area (Å²) in [6.07, 6.45) is 2.02. The number of nitrogens with one attached hydrogen (secondary N) is 1. The first-order chi connectivity index (χ1) is 9.77. The molecule has 0 spiro atoms. The van der Waals surface area contributed by atoms with Crippen LogP contribution in [-0.4, -0.2) is 9.78 Å². The van der Waals surface area contributed by atoms with Gasteiger partial charge in [0.15, 0.2) is 0 Å². The van der Waals surface area contributed by atoms with Crippen LogP contribution in [0, 0.1) is 5.82 Å². The third-order valence-electron chi connectivity index (χ3n) is 3.25. The summed E-state index contributed by atoms with van der Waals surface area (Å²) >= 11 is 3.37. The summed E-state index contributed by atoms with van der Waals surface area (Å²) in [5.74, 6) is -0.187. The molecule has 0 amide bonds. The Morgan fingerprint density at radius 2 is 1.90 bits per heavy atom. The van der Waals surface area contributed by atoms with E-state index in [1.165, 1.54) is 6.07 Å². The largest absolute Gasteiger partial charge is 0.308 e. The van der Waals surface area contributed by atoms with Gasteiger partial charge in [-0.1, -0.05) is 36.7 Å². The van der Waals surface area contributed by atoms with Gasteiger partial charge in [-0.25, -0.2) is 4.39 Å². The highest BCUT2D eigenvalue weighted by atomic mass is 79.9. The molecule has 114 valence electrons. The molecule has 2 rings (SSSR count). The van der Waals surface area contributed by atoms with Crippen molar-refractivity contribution in [1.82, 2.24) is 15.1 Å². The van der Waals surface area contributed by atoms with Gasteiger partial charge < -0.3 is 5.32 Å². The zero-order valence-corrected chi connectivity index (χ0v) is 14.5. The van der Waals surface area contributed by atoms with Crippen molar-refractivity contribution in [3.05, 3.63) is 51.5 Å². The minimum absolute atomic E-state index is 0.000696. The molecule has 1 heterocycles. The maximum absolute atomic E-state index is 13.7. The van der Waals surface area contributed by atoms with E-state index in [2.05, 4.69) is 47.1 Å². The molecule has 0 fully saturated rings. The van der Waals surface area contributed by atoms with Crippen molar-refractivity contribution >= 4 is 15.9 Å². The Morgan fingerprint density at radius 1 is 1.24 bits per heavy atom. The predicted octanol–water partition coefficient (Wildman–Crippen LogP) is 3.91. The average Bonchev–Trinajstić information content (AvgIpc) is 2.75. The molecule has 0 aliphatic heterocycles. The van der Waals surface area contributed by atoms with Crippen molar-refractivity contribution in [2.24, 2.45) is 7.05 Å². The number of nitrogens with zero attached hydrogens (tertiary/aromatic N) is 2. The lowest BCUT2D eigenvalue weighted by Crippen LogP contribution is -2.19.